The number of carbonyl (C=O) groups excluding carboxylic acids is 4. The van der Waals surface area contributed by atoms with Gasteiger partial charge in [0.25, 0.3) is 22.9 Å². The van der Waals surface area contributed by atoms with Crippen molar-refractivity contribution in [2.45, 2.75) is 41.7 Å². The number of esters is 2. The van der Waals surface area contributed by atoms with E-state index in [1.807, 2.05) is 98.0 Å². The Morgan fingerprint density at radius 3 is 1.46 bits per heavy atom. The number of fused-ring (bicyclic) bond motifs is 2. The smallest absolute Gasteiger partial charge is 1.00 e. The third kappa shape index (κ3) is 16.4. The van der Waals surface area contributed by atoms with E-state index < -0.39 is 17.5 Å². The van der Waals surface area contributed by atoms with Crippen LogP contribution in [0.5, 0.6) is 11.5 Å². The third-order valence-electron chi connectivity index (χ3n) is 13.2. The van der Waals surface area contributed by atoms with Crippen LogP contribution in [-0.2, 0) is 16.0 Å². The van der Waals surface area contributed by atoms with Crippen molar-refractivity contribution >= 4 is 68.5 Å². The second-order valence-corrected chi connectivity index (χ2v) is 19.6. The number of aromatic nitrogens is 2. The number of hydrogen-bond donors (Lipinski definition) is 1. The predicted molar refractivity (Wildman–Crippen MR) is 312 cm³/mol. The number of pyridine rings is 2. The summed E-state index contributed by atoms with van der Waals surface area (Å²) in [6.07, 6.45) is 0. The van der Waals surface area contributed by atoms with Gasteiger partial charge in [-0.05, 0) is 129 Å². The molecule has 0 unspecified atom stereocenters. The molecule has 0 spiro atoms. The van der Waals surface area contributed by atoms with Crippen LogP contribution in [0.15, 0.2) is 94.5 Å². The second-order valence-electron chi connectivity index (χ2n) is 19.2. The van der Waals surface area contributed by atoms with Gasteiger partial charge >= 0.3 is 41.5 Å². The standard InChI is InChI=1S/C29H36N4O5.C25H27N3O5.C4H10ClN.CH4.Na.H/c1-6-38-29(36)25-26(23-19-20(2)7-12-24(23)33(28(25)35)18-13-30(3)4)31-14-16-32(17-15-31)27(34)21-8-10-22(37-5)11-9-21;1-4-33-25(31)21-22(19-15-16(2)5-10-20(19)26-23(21)29)27-11-13-28(14-12-27)24(30)17-6-8-18(32-3)9-7-17;1-6(2)4-3-5;;;/h7-12,19H,6,13-18H2,1-5H3;5-10,15H,4,11-14H2,1-3H3,(H,26,29);3-4H2,1-2H3;1H4;;/q;;;;+1;-1. The van der Waals surface area contributed by atoms with Crippen molar-refractivity contribution < 1.29 is 69.1 Å². The molecule has 2 saturated heterocycles. The normalized spacial score (nSPS) is 13.1. The number of hydrogen-bond acceptors (Lipinski definition) is 14. The average molecular weight is 1120 g/mol. The van der Waals surface area contributed by atoms with Crippen LogP contribution >= 0.6 is 11.6 Å². The Hall–Kier alpha value is -6.41. The number of halogens is 1. The number of rotatable bonds is 15. The maximum Gasteiger partial charge on any atom is 1.00 e. The molecular formula is C59H78ClN8NaO10. The number of piperazine rings is 2. The monoisotopic (exact) mass is 1120 g/mol. The number of benzene rings is 4. The Labute approximate surface area is 492 Å². The zero-order chi connectivity index (χ0) is 55.9. The van der Waals surface area contributed by atoms with Crippen LogP contribution in [0.2, 0.25) is 0 Å². The van der Waals surface area contributed by atoms with Crippen LogP contribution in [0.4, 0.5) is 11.4 Å². The van der Waals surface area contributed by atoms with Crippen molar-refractivity contribution in [1.82, 2.24) is 29.2 Å². The summed E-state index contributed by atoms with van der Waals surface area (Å²) in [5.74, 6) is 0.736. The summed E-state index contributed by atoms with van der Waals surface area (Å²) in [6.45, 7) is 13.6. The summed E-state index contributed by atoms with van der Waals surface area (Å²) in [7, 11) is 11.1. The number of aryl methyl sites for hydroxylation is 2. The van der Waals surface area contributed by atoms with Crippen LogP contribution in [-0.4, -0.2) is 180 Å². The molecule has 8 rings (SSSR count). The first-order chi connectivity index (χ1) is 36.9. The number of nitrogens with one attached hydrogen (secondary N) is 1. The van der Waals surface area contributed by atoms with Gasteiger partial charge in [0.05, 0.1) is 49.8 Å². The van der Waals surface area contributed by atoms with Gasteiger partial charge in [0.2, 0.25) is 0 Å². The summed E-state index contributed by atoms with van der Waals surface area (Å²) < 4.78 is 22.6. The molecule has 2 amide bonds. The van der Waals surface area contributed by atoms with E-state index in [-0.39, 0.29) is 80.1 Å². The molecule has 2 aromatic heterocycles. The summed E-state index contributed by atoms with van der Waals surface area (Å²) in [4.78, 5) is 93.2. The molecule has 2 aliphatic rings. The Morgan fingerprint density at radius 2 is 1.04 bits per heavy atom. The number of carbonyl (C=O) groups is 4. The predicted octanol–water partition coefficient (Wildman–Crippen LogP) is 4.54. The van der Waals surface area contributed by atoms with E-state index in [1.165, 1.54) is 0 Å². The molecule has 0 aliphatic carbocycles. The third-order valence-corrected chi connectivity index (χ3v) is 13.4. The van der Waals surface area contributed by atoms with Crippen molar-refractivity contribution in [3.8, 4) is 11.5 Å². The van der Waals surface area contributed by atoms with E-state index in [2.05, 4.69) is 4.98 Å². The van der Waals surface area contributed by atoms with E-state index in [0.717, 1.165) is 39.8 Å². The van der Waals surface area contributed by atoms with Gasteiger partial charge < -0.3 is 59.3 Å². The van der Waals surface area contributed by atoms with Crippen molar-refractivity contribution in [2.75, 3.05) is 137 Å². The number of alkyl halides is 1. The summed E-state index contributed by atoms with van der Waals surface area (Å²) in [5.41, 5.74) is 5.04. The minimum Gasteiger partial charge on any atom is -1.00 e. The minimum atomic E-state index is -0.645. The SMILES string of the molecule is C.CCOC(=O)c1c(N2CCN(C(=O)c3ccc(OC)cc3)CC2)c2cc(C)ccc2[nH]c1=O.CCOC(=O)c1c(N2CCN(C(=O)c3ccc(OC)cc3)CC2)c2cc(C)ccc2n(CCN(C)C)c1=O.CN(C)CCCl.[H-].[Na+]. The quantitative estimate of drug-likeness (QED) is 0.0861. The van der Waals surface area contributed by atoms with Crippen molar-refractivity contribution in [3.05, 3.63) is 139 Å². The number of amides is 2. The fourth-order valence-electron chi connectivity index (χ4n) is 9.17. The summed E-state index contributed by atoms with van der Waals surface area (Å²) in [6, 6.07) is 25.8. The first-order valence-electron chi connectivity index (χ1n) is 25.8. The van der Waals surface area contributed by atoms with Gasteiger partial charge in [-0.2, -0.15) is 0 Å². The fourth-order valence-corrected chi connectivity index (χ4v) is 9.51. The molecule has 18 nitrogen and oxygen atoms in total. The second kappa shape index (κ2) is 30.8. The van der Waals surface area contributed by atoms with Gasteiger partial charge in [-0.15, -0.1) is 11.6 Å². The number of nitrogens with zero attached hydrogens (tertiary/aromatic N) is 7. The molecule has 0 radical (unpaired) electrons. The zero-order valence-corrected chi connectivity index (χ0v) is 49.8. The maximum absolute atomic E-state index is 13.8. The van der Waals surface area contributed by atoms with E-state index in [9.17, 15) is 28.8 Å². The first-order valence-corrected chi connectivity index (χ1v) is 26.4. The van der Waals surface area contributed by atoms with Crippen LogP contribution in [0, 0.1) is 13.8 Å². The number of ether oxygens (including phenoxy) is 4. The van der Waals surface area contributed by atoms with Crippen molar-refractivity contribution in [2.24, 2.45) is 0 Å². The number of likely N-dealkylation sites (N-methyl/N-ethyl adjacent to an activating group) is 1. The molecule has 0 atom stereocenters. The van der Waals surface area contributed by atoms with Crippen molar-refractivity contribution in [1.29, 1.82) is 0 Å². The summed E-state index contributed by atoms with van der Waals surface area (Å²) in [5, 5.41) is 1.62. The van der Waals surface area contributed by atoms with Gasteiger partial charge in [0.15, 0.2) is 0 Å². The molecule has 2 aliphatic heterocycles. The molecule has 4 aromatic carbocycles. The molecule has 0 bridgehead atoms. The van der Waals surface area contributed by atoms with Crippen LogP contribution < -0.4 is 59.9 Å². The maximum atomic E-state index is 13.8. The molecule has 2 fully saturated rings. The topological polar surface area (TPSA) is 180 Å². The Bertz CT molecular complexity index is 3140. The minimum absolute atomic E-state index is 0. The molecule has 422 valence electrons. The molecule has 4 heterocycles. The van der Waals surface area contributed by atoms with Crippen LogP contribution in [0.25, 0.3) is 21.8 Å². The number of aromatic amines is 1. The van der Waals surface area contributed by atoms with Gasteiger partial charge in [0.1, 0.15) is 22.6 Å². The average Bonchev–Trinajstić information content (AvgIpc) is 3.42. The zero-order valence-electron chi connectivity index (χ0n) is 48.1. The van der Waals surface area contributed by atoms with Gasteiger partial charge in [0, 0.05) is 99.8 Å². The Balaban J connectivity index is 0.000000371. The number of methoxy groups -OCH3 is 2. The van der Waals surface area contributed by atoms with Gasteiger partial charge in [-0.25, -0.2) is 9.59 Å². The van der Waals surface area contributed by atoms with E-state index in [0.29, 0.717) is 105 Å². The van der Waals surface area contributed by atoms with Crippen LogP contribution in [0.3, 0.4) is 0 Å². The van der Waals surface area contributed by atoms with E-state index >= 15 is 0 Å². The molecule has 6 aromatic rings. The molecular weight excluding hydrogens is 1040 g/mol. The first kappa shape index (κ1) is 65.1. The van der Waals surface area contributed by atoms with Crippen LogP contribution in [0.1, 0.15) is 75.3 Å². The number of anilines is 2. The Morgan fingerprint density at radius 1 is 0.608 bits per heavy atom. The largest absolute Gasteiger partial charge is 1.00 e. The van der Waals surface area contributed by atoms with Gasteiger partial charge in [-0.1, -0.05) is 30.7 Å². The van der Waals surface area contributed by atoms with E-state index in [1.54, 1.807) is 91.0 Å². The molecule has 1 N–H and O–H groups in total. The fraction of sp³-hybridized carbons (Fsp3) is 0.424. The molecule has 79 heavy (non-hydrogen) atoms. The molecule has 20 heteroatoms. The summed E-state index contributed by atoms with van der Waals surface area (Å²) >= 11 is 5.35. The Kier molecular flexibility index (Phi) is 25.4. The molecule has 0 saturated carbocycles. The van der Waals surface area contributed by atoms with Gasteiger partial charge in [-0.3, -0.25) is 19.2 Å². The number of H-pyrrole nitrogens is 1. The van der Waals surface area contributed by atoms with E-state index in [4.69, 9.17) is 30.5 Å². The van der Waals surface area contributed by atoms with Crippen molar-refractivity contribution in [3.63, 3.8) is 0 Å².